The van der Waals surface area contributed by atoms with Crippen LogP contribution in [0.5, 0.6) is 0 Å². The molecule has 4 rings (SSSR count). The summed E-state index contributed by atoms with van der Waals surface area (Å²) >= 11 is 0. The van der Waals surface area contributed by atoms with E-state index >= 15 is 0 Å². The number of benzene rings is 2. The minimum Gasteiger partial charge on any atom is -0.385 e. The minimum atomic E-state index is 0. The zero-order valence-electron chi connectivity index (χ0n) is 16.0. The number of likely N-dealkylation sites (tertiary alicyclic amines) is 1. The first-order valence-electron chi connectivity index (χ1n) is 9.72. The van der Waals surface area contributed by atoms with Gasteiger partial charge in [0, 0.05) is 36.9 Å². The number of carbonyl (C=O) groups excluding carboxylic acids is 1. The molecule has 2 aromatic carbocycles. The lowest BCUT2D eigenvalue weighted by atomic mass is 9.96. The lowest BCUT2D eigenvalue weighted by Crippen LogP contribution is -2.47. The van der Waals surface area contributed by atoms with Crippen molar-refractivity contribution in [2.75, 3.05) is 25.0 Å². The Bertz CT molecular complexity index is 770. The molecule has 0 radical (unpaired) electrons. The molecule has 1 atom stereocenters. The lowest BCUT2D eigenvalue weighted by molar-refractivity contribution is 0.0900. The van der Waals surface area contributed by atoms with E-state index in [4.69, 9.17) is 0 Å². The van der Waals surface area contributed by atoms with Crippen molar-refractivity contribution in [3.63, 3.8) is 0 Å². The second-order valence-electron chi connectivity index (χ2n) is 7.40. The Balaban J connectivity index is 0.00000140. The first-order chi connectivity index (χ1) is 12.8. The van der Waals surface area contributed by atoms with Crippen LogP contribution in [0.3, 0.4) is 0 Å². The summed E-state index contributed by atoms with van der Waals surface area (Å²) in [7, 11) is 0. The Morgan fingerprint density at radius 1 is 1.07 bits per heavy atom. The number of nitrogens with zero attached hydrogens (tertiary/aromatic N) is 1. The predicted molar refractivity (Wildman–Crippen MR) is 120 cm³/mol. The molecule has 2 heterocycles. The van der Waals surface area contributed by atoms with Gasteiger partial charge in [0.25, 0.3) is 5.91 Å². The van der Waals surface area contributed by atoms with Crippen molar-refractivity contribution in [2.24, 2.45) is 0 Å². The van der Waals surface area contributed by atoms with Gasteiger partial charge in [-0.15, -0.1) is 24.8 Å². The van der Waals surface area contributed by atoms with E-state index in [1.807, 2.05) is 12.1 Å². The van der Waals surface area contributed by atoms with Gasteiger partial charge >= 0.3 is 0 Å². The Labute approximate surface area is 179 Å². The van der Waals surface area contributed by atoms with Crippen LogP contribution in [0.25, 0.3) is 0 Å². The molecule has 0 bridgehead atoms. The number of hydrogen-bond acceptors (Lipinski definition) is 3. The number of anilines is 1. The van der Waals surface area contributed by atoms with E-state index < -0.39 is 0 Å². The van der Waals surface area contributed by atoms with Crippen molar-refractivity contribution in [3.05, 3.63) is 65.2 Å². The molecular weight excluding hydrogens is 393 g/mol. The molecule has 28 heavy (non-hydrogen) atoms. The number of nitrogens with one attached hydrogen (secondary N) is 2. The molecule has 1 amide bonds. The Morgan fingerprint density at radius 2 is 1.89 bits per heavy atom. The molecule has 1 unspecified atom stereocenters. The Hall–Kier alpha value is -1.75. The van der Waals surface area contributed by atoms with E-state index in [2.05, 4.69) is 51.9 Å². The summed E-state index contributed by atoms with van der Waals surface area (Å²) < 4.78 is 0. The number of carbonyl (C=O) groups is 1. The van der Waals surface area contributed by atoms with E-state index in [0.717, 1.165) is 63.1 Å². The van der Waals surface area contributed by atoms with Gasteiger partial charge in [0.1, 0.15) is 0 Å². The Kier molecular flexibility index (Phi) is 8.61. The summed E-state index contributed by atoms with van der Waals surface area (Å²) in [4.78, 5) is 15.3. The van der Waals surface area contributed by atoms with Gasteiger partial charge in [0.2, 0.25) is 0 Å². The summed E-state index contributed by atoms with van der Waals surface area (Å²) in [5, 5.41) is 6.70. The highest BCUT2D eigenvalue weighted by Crippen LogP contribution is 2.25. The second kappa shape index (κ2) is 10.7. The van der Waals surface area contributed by atoms with E-state index in [0.29, 0.717) is 0 Å². The van der Waals surface area contributed by atoms with Gasteiger partial charge in [-0.1, -0.05) is 36.4 Å². The molecule has 0 spiro atoms. The molecule has 1 saturated heterocycles. The zero-order chi connectivity index (χ0) is 17.8. The van der Waals surface area contributed by atoms with Crippen LogP contribution in [0.4, 0.5) is 5.69 Å². The van der Waals surface area contributed by atoms with E-state index in [1.54, 1.807) is 0 Å². The highest BCUT2D eigenvalue weighted by atomic mass is 35.5. The van der Waals surface area contributed by atoms with Crippen LogP contribution < -0.4 is 10.6 Å². The van der Waals surface area contributed by atoms with E-state index in [-0.39, 0.29) is 36.8 Å². The van der Waals surface area contributed by atoms with Gasteiger partial charge in [0.15, 0.2) is 0 Å². The predicted octanol–water partition coefficient (Wildman–Crippen LogP) is 4.28. The molecular formula is C22H29Cl2N3O. The maximum absolute atomic E-state index is 12.9. The normalized spacial score (nSPS) is 18.6. The van der Waals surface area contributed by atoms with Gasteiger partial charge in [-0.25, -0.2) is 0 Å². The highest BCUT2D eigenvalue weighted by Gasteiger charge is 2.24. The van der Waals surface area contributed by atoms with Crippen LogP contribution in [0, 0.1) is 0 Å². The topological polar surface area (TPSA) is 44.4 Å². The average Bonchev–Trinajstić information content (AvgIpc) is 2.68. The summed E-state index contributed by atoms with van der Waals surface area (Å²) in [5.41, 5.74) is 4.48. The minimum absolute atomic E-state index is 0. The monoisotopic (exact) mass is 421 g/mol. The zero-order valence-corrected chi connectivity index (χ0v) is 17.7. The molecule has 2 aliphatic heterocycles. The van der Waals surface area contributed by atoms with Gasteiger partial charge < -0.3 is 10.6 Å². The van der Waals surface area contributed by atoms with Crippen LogP contribution in [0.1, 0.15) is 40.7 Å². The third kappa shape index (κ3) is 5.40. The standard InChI is InChI=1S/C22H27N3O.2ClH/c26-22(20-10-4-12-21-19(20)11-5-13-23-21)24-18-9-6-14-25(16-18)15-17-7-2-1-3-8-17;;/h1-4,7-8,10,12,18,23H,5-6,9,11,13-16H2,(H,24,26);2*1H. The van der Waals surface area contributed by atoms with Crippen molar-refractivity contribution >= 4 is 36.4 Å². The molecule has 0 aromatic heterocycles. The number of fused-ring (bicyclic) bond motifs is 1. The molecule has 0 saturated carbocycles. The van der Waals surface area contributed by atoms with Crippen LogP contribution >= 0.6 is 24.8 Å². The molecule has 2 aromatic rings. The maximum atomic E-state index is 12.9. The lowest BCUT2D eigenvalue weighted by Gasteiger charge is -2.33. The fourth-order valence-corrected chi connectivity index (χ4v) is 4.14. The fourth-order valence-electron chi connectivity index (χ4n) is 4.14. The smallest absolute Gasteiger partial charge is 0.251 e. The van der Waals surface area contributed by atoms with E-state index in [9.17, 15) is 4.79 Å². The molecule has 1 fully saturated rings. The molecule has 4 nitrogen and oxygen atoms in total. The first-order valence-corrected chi connectivity index (χ1v) is 9.72. The van der Waals surface area contributed by atoms with Crippen LogP contribution in [-0.2, 0) is 13.0 Å². The average molecular weight is 422 g/mol. The number of piperidine rings is 1. The molecule has 0 aliphatic carbocycles. The summed E-state index contributed by atoms with van der Waals surface area (Å²) in [6, 6.07) is 16.8. The highest BCUT2D eigenvalue weighted by molar-refractivity contribution is 5.97. The quantitative estimate of drug-likeness (QED) is 0.773. The molecule has 152 valence electrons. The fraction of sp³-hybridized carbons (Fsp3) is 0.409. The van der Waals surface area contributed by atoms with Crippen molar-refractivity contribution < 1.29 is 4.79 Å². The summed E-state index contributed by atoms with van der Waals surface area (Å²) in [5.74, 6) is 0.0807. The van der Waals surface area contributed by atoms with Crippen LogP contribution in [0.2, 0.25) is 0 Å². The third-order valence-electron chi connectivity index (χ3n) is 5.43. The van der Waals surface area contributed by atoms with Crippen molar-refractivity contribution in [1.82, 2.24) is 10.2 Å². The van der Waals surface area contributed by atoms with Crippen molar-refractivity contribution in [3.8, 4) is 0 Å². The molecule has 6 heteroatoms. The first kappa shape index (κ1) is 22.5. The number of rotatable bonds is 4. The molecule has 2 N–H and O–H groups in total. The summed E-state index contributed by atoms with van der Waals surface area (Å²) in [6.45, 7) is 3.98. The Morgan fingerprint density at radius 3 is 2.71 bits per heavy atom. The van der Waals surface area contributed by atoms with Gasteiger partial charge in [0.05, 0.1) is 0 Å². The second-order valence-corrected chi connectivity index (χ2v) is 7.40. The van der Waals surface area contributed by atoms with Crippen molar-refractivity contribution in [1.29, 1.82) is 0 Å². The van der Waals surface area contributed by atoms with E-state index in [1.165, 1.54) is 11.1 Å². The number of hydrogen-bond donors (Lipinski definition) is 2. The SMILES string of the molecule is Cl.Cl.O=C(NC1CCCN(Cc2ccccc2)C1)c1cccc2c1CCCN2. The van der Waals surface area contributed by atoms with Crippen molar-refractivity contribution in [2.45, 2.75) is 38.3 Å². The van der Waals surface area contributed by atoms with Gasteiger partial charge in [-0.3, -0.25) is 9.69 Å². The molecule has 2 aliphatic rings. The largest absolute Gasteiger partial charge is 0.385 e. The summed E-state index contributed by atoms with van der Waals surface area (Å²) in [6.07, 6.45) is 4.26. The third-order valence-corrected chi connectivity index (χ3v) is 5.43. The van der Waals surface area contributed by atoms with Crippen LogP contribution in [-0.4, -0.2) is 36.5 Å². The number of amides is 1. The van der Waals surface area contributed by atoms with Gasteiger partial charge in [-0.05, 0) is 55.5 Å². The maximum Gasteiger partial charge on any atom is 0.251 e. The number of halogens is 2. The van der Waals surface area contributed by atoms with Crippen LogP contribution in [0.15, 0.2) is 48.5 Å². The van der Waals surface area contributed by atoms with Gasteiger partial charge in [-0.2, -0.15) is 0 Å².